The van der Waals surface area contributed by atoms with Crippen molar-refractivity contribution >= 4 is 75.1 Å². The largest absolute Gasteiger partial charge is 0.309 e. The highest BCUT2D eigenvalue weighted by Crippen LogP contribution is 2.44. The van der Waals surface area contributed by atoms with Crippen molar-refractivity contribution in [3.8, 4) is 45.3 Å². The summed E-state index contributed by atoms with van der Waals surface area (Å²) >= 11 is 1.87. The van der Waals surface area contributed by atoms with E-state index in [1.54, 1.807) is 0 Å². The molecular weight excluding hydrogens is 713 g/mol. The summed E-state index contributed by atoms with van der Waals surface area (Å²) in [6.45, 7) is 0. The second-order valence-corrected chi connectivity index (χ2v) is 15.7. The fourth-order valence-corrected chi connectivity index (χ4v) is 9.92. The molecule has 12 rings (SSSR count). The van der Waals surface area contributed by atoms with E-state index in [2.05, 4.69) is 179 Å². The lowest BCUT2D eigenvalue weighted by Gasteiger charge is -2.13. The molecule has 4 nitrogen and oxygen atoms in total. The Labute approximate surface area is 332 Å². The highest BCUT2D eigenvalue weighted by Gasteiger charge is 2.21. The van der Waals surface area contributed by atoms with Crippen molar-refractivity contribution in [2.45, 2.75) is 0 Å². The van der Waals surface area contributed by atoms with Crippen LogP contribution in [0, 0.1) is 0 Å². The van der Waals surface area contributed by atoms with Crippen molar-refractivity contribution in [2.24, 2.45) is 0 Å². The molecule has 4 aromatic heterocycles. The lowest BCUT2D eigenvalue weighted by atomic mass is 10.1. The van der Waals surface area contributed by atoms with Gasteiger partial charge in [-0.05, 0) is 60.7 Å². The van der Waals surface area contributed by atoms with Crippen LogP contribution in [0.2, 0.25) is 0 Å². The van der Waals surface area contributed by atoms with Crippen LogP contribution in [0.3, 0.4) is 0 Å². The molecule has 0 unspecified atom stereocenters. The Morgan fingerprint density at radius 3 is 1.68 bits per heavy atom. The zero-order chi connectivity index (χ0) is 37.5. The van der Waals surface area contributed by atoms with Gasteiger partial charge in [-0.2, -0.15) is 0 Å². The van der Waals surface area contributed by atoms with Crippen molar-refractivity contribution in [1.82, 2.24) is 19.1 Å². The molecule has 8 aromatic carbocycles. The summed E-state index contributed by atoms with van der Waals surface area (Å²) in [5.74, 6) is 0.705. The minimum Gasteiger partial charge on any atom is -0.309 e. The summed E-state index contributed by atoms with van der Waals surface area (Å²) < 4.78 is 7.46. The van der Waals surface area contributed by atoms with Crippen LogP contribution in [0.1, 0.15) is 0 Å². The zero-order valence-electron chi connectivity index (χ0n) is 30.7. The summed E-state index contributed by atoms with van der Waals surface area (Å²) in [6, 6.07) is 69.5. The molecule has 12 aromatic rings. The lowest BCUT2D eigenvalue weighted by Crippen LogP contribution is -1.98. The van der Waals surface area contributed by atoms with E-state index in [-0.39, 0.29) is 0 Å². The number of nitrogens with zero attached hydrogens (tertiary/aromatic N) is 4. The van der Waals surface area contributed by atoms with Crippen LogP contribution in [-0.4, -0.2) is 19.1 Å². The zero-order valence-corrected chi connectivity index (χ0v) is 31.5. The maximum absolute atomic E-state index is 5.20. The average Bonchev–Trinajstić information content (AvgIpc) is 3.94. The van der Waals surface area contributed by atoms with Crippen LogP contribution >= 0.6 is 11.3 Å². The van der Waals surface area contributed by atoms with Crippen LogP contribution in [0.5, 0.6) is 0 Å². The minimum atomic E-state index is 0.705. The van der Waals surface area contributed by atoms with Gasteiger partial charge in [-0.15, -0.1) is 11.3 Å². The molecule has 0 amide bonds. The van der Waals surface area contributed by atoms with Crippen LogP contribution in [0.15, 0.2) is 194 Å². The van der Waals surface area contributed by atoms with Crippen LogP contribution in [0.4, 0.5) is 0 Å². The molecule has 5 heteroatoms. The summed E-state index contributed by atoms with van der Waals surface area (Å²) in [7, 11) is 0. The summed E-state index contributed by atoms with van der Waals surface area (Å²) in [5.41, 5.74) is 11.8. The predicted octanol–water partition coefficient (Wildman–Crippen LogP) is 14.0. The van der Waals surface area contributed by atoms with Crippen LogP contribution in [0.25, 0.3) is 109 Å². The number of hydrogen-bond acceptors (Lipinski definition) is 3. The lowest BCUT2D eigenvalue weighted by molar-refractivity contribution is 1.15. The van der Waals surface area contributed by atoms with Crippen LogP contribution < -0.4 is 0 Å². The smallest absolute Gasteiger partial charge is 0.160 e. The number of aromatic nitrogens is 4. The van der Waals surface area contributed by atoms with E-state index >= 15 is 0 Å². The SMILES string of the molecule is c1ccc(-c2cc(-c3cccc(-n4c5cc(-n6c7ccccc7c7ccccc76)ccc5c5c6c(ccc54)sc4ccccc46)c3)nc(-c3ccccc3)n2)cc1. The standard InChI is InChI=1S/C52H32N4S/c1-3-14-33(15-4-1)42-32-43(54-52(53-42)34-16-5-2-6-17-34)35-18-13-19-36(30-35)56-46-28-29-49-51(41-22-9-12-25-48(41)57-49)50(46)40-27-26-37(31-47(40)56)55-44-23-10-7-20-38(44)39-21-8-11-24-45(39)55/h1-32H. The first-order chi connectivity index (χ1) is 28.3. The van der Waals surface area contributed by atoms with E-state index in [0.717, 1.165) is 45.0 Å². The van der Waals surface area contributed by atoms with Gasteiger partial charge in [-0.1, -0.05) is 133 Å². The highest BCUT2D eigenvalue weighted by molar-refractivity contribution is 7.26. The van der Waals surface area contributed by atoms with E-state index in [1.165, 1.54) is 58.3 Å². The number of hydrogen-bond donors (Lipinski definition) is 0. The van der Waals surface area contributed by atoms with Gasteiger partial charge in [0.15, 0.2) is 5.82 Å². The van der Waals surface area contributed by atoms with Crippen molar-refractivity contribution in [3.63, 3.8) is 0 Å². The maximum Gasteiger partial charge on any atom is 0.160 e. The minimum absolute atomic E-state index is 0.705. The van der Waals surface area contributed by atoms with Crippen molar-refractivity contribution in [1.29, 1.82) is 0 Å². The van der Waals surface area contributed by atoms with Crippen molar-refractivity contribution < 1.29 is 0 Å². The van der Waals surface area contributed by atoms with E-state index in [9.17, 15) is 0 Å². The van der Waals surface area contributed by atoms with Gasteiger partial charge in [0.2, 0.25) is 0 Å². The van der Waals surface area contributed by atoms with Gasteiger partial charge in [0.1, 0.15) is 0 Å². The first-order valence-electron chi connectivity index (χ1n) is 19.2. The number of rotatable bonds is 5. The highest BCUT2D eigenvalue weighted by atomic mass is 32.1. The molecule has 0 spiro atoms. The Morgan fingerprint density at radius 1 is 0.333 bits per heavy atom. The third-order valence-electron chi connectivity index (χ3n) is 11.3. The number of thiophene rings is 1. The van der Waals surface area contributed by atoms with Crippen LogP contribution in [-0.2, 0) is 0 Å². The Kier molecular flexibility index (Phi) is 7.06. The molecule has 0 fully saturated rings. The Hall–Kier alpha value is -7.34. The molecule has 0 radical (unpaired) electrons. The maximum atomic E-state index is 5.20. The summed E-state index contributed by atoms with van der Waals surface area (Å²) in [5, 5.41) is 7.62. The second-order valence-electron chi connectivity index (χ2n) is 14.6. The molecule has 0 bridgehead atoms. The topological polar surface area (TPSA) is 35.6 Å². The fourth-order valence-electron chi connectivity index (χ4n) is 8.80. The number of fused-ring (bicyclic) bond motifs is 10. The molecule has 0 atom stereocenters. The Morgan fingerprint density at radius 2 is 0.930 bits per heavy atom. The Bertz CT molecular complexity index is 3410. The fraction of sp³-hybridized carbons (Fsp3) is 0. The molecular formula is C52H32N4S. The normalized spacial score (nSPS) is 11.9. The molecule has 4 heterocycles. The molecule has 0 aliphatic rings. The number of para-hydroxylation sites is 2. The quantitative estimate of drug-likeness (QED) is 0.176. The van der Waals surface area contributed by atoms with Gasteiger partial charge in [0.25, 0.3) is 0 Å². The molecule has 0 aliphatic heterocycles. The number of benzene rings is 8. The predicted molar refractivity (Wildman–Crippen MR) is 240 cm³/mol. The van der Waals surface area contributed by atoms with Crippen molar-refractivity contribution in [3.05, 3.63) is 194 Å². The average molecular weight is 745 g/mol. The molecule has 0 N–H and O–H groups in total. The Balaban J connectivity index is 1.14. The molecule has 0 aliphatic carbocycles. The van der Waals surface area contributed by atoms with E-state index in [1.807, 2.05) is 35.6 Å². The molecule has 57 heavy (non-hydrogen) atoms. The summed E-state index contributed by atoms with van der Waals surface area (Å²) in [6.07, 6.45) is 0. The molecule has 0 saturated carbocycles. The van der Waals surface area contributed by atoms with Gasteiger partial charge in [-0.3, -0.25) is 0 Å². The van der Waals surface area contributed by atoms with Gasteiger partial charge in [0, 0.05) is 69.8 Å². The second kappa shape index (κ2) is 12.6. The van der Waals surface area contributed by atoms with E-state index in [0.29, 0.717) is 5.82 Å². The summed E-state index contributed by atoms with van der Waals surface area (Å²) in [4.78, 5) is 10.3. The molecule has 266 valence electrons. The third-order valence-corrected chi connectivity index (χ3v) is 12.5. The van der Waals surface area contributed by atoms with Gasteiger partial charge < -0.3 is 9.13 Å². The first kappa shape index (κ1) is 32.0. The van der Waals surface area contributed by atoms with Crippen molar-refractivity contribution in [2.75, 3.05) is 0 Å². The van der Waals surface area contributed by atoms with Gasteiger partial charge in [0.05, 0.1) is 33.5 Å². The van der Waals surface area contributed by atoms with Gasteiger partial charge >= 0.3 is 0 Å². The third kappa shape index (κ3) is 4.99. The molecule has 0 saturated heterocycles. The monoisotopic (exact) mass is 744 g/mol. The first-order valence-corrected chi connectivity index (χ1v) is 20.1. The van der Waals surface area contributed by atoms with E-state index in [4.69, 9.17) is 9.97 Å². The van der Waals surface area contributed by atoms with E-state index < -0.39 is 0 Å². The van der Waals surface area contributed by atoms with Gasteiger partial charge in [-0.25, -0.2) is 9.97 Å².